The zero-order valence-corrected chi connectivity index (χ0v) is 45.2. The van der Waals surface area contributed by atoms with Crippen LogP contribution in [-0.4, -0.2) is 23.9 Å². The van der Waals surface area contributed by atoms with E-state index in [0.29, 0.717) is 0 Å². The van der Waals surface area contributed by atoms with Crippen LogP contribution in [0.25, 0.3) is 22.3 Å². The van der Waals surface area contributed by atoms with Crippen LogP contribution in [0, 0.1) is 11.6 Å². The van der Waals surface area contributed by atoms with Crippen molar-refractivity contribution in [3.8, 4) is 45.3 Å². The number of esters is 4. The smallest absolute Gasteiger partial charge is 0.343 e. The van der Waals surface area contributed by atoms with Crippen molar-refractivity contribution in [1.29, 1.82) is 0 Å². The summed E-state index contributed by atoms with van der Waals surface area (Å²) in [5, 5.41) is 0. The molecule has 0 amide bonds. The number of unbranched alkanes of at least 4 members (excludes halogenated alkanes) is 16. The minimum atomic E-state index is -0.961. The fourth-order valence-corrected chi connectivity index (χ4v) is 9.28. The largest absolute Gasteiger partial charge is 0.423 e. The van der Waals surface area contributed by atoms with Gasteiger partial charge in [0.15, 0.2) is 23.1 Å². The summed E-state index contributed by atoms with van der Waals surface area (Å²) in [5.74, 6) is -6.15. The van der Waals surface area contributed by atoms with Gasteiger partial charge < -0.3 is 18.9 Å². The Balaban J connectivity index is 0.831. The van der Waals surface area contributed by atoms with Crippen LogP contribution in [0.1, 0.15) is 182 Å². The number of aryl methyl sites for hydroxylation is 2. The first-order valence-electron chi connectivity index (χ1n) is 28.0. The van der Waals surface area contributed by atoms with E-state index in [2.05, 4.69) is 62.4 Å². The zero-order chi connectivity index (χ0) is 54.9. The van der Waals surface area contributed by atoms with E-state index in [1.165, 1.54) is 163 Å². The molecule has 0 aliphatic carbocycles. The Morgan fingerprint density at radius 3 is 0.949 bits per heavy atom. The summed E-state index contributed by atoms with van der Waals surface area (Å²) < 4.78 is 52.0. The van der Waals surface area contributed by atoms with Crippen molar-refractivity contribution < 1.29 is 46.9 Å². The maximum atomic E-state index is 15.2. The minimum Gasteiger partial charge on any atom is -0.423 e. The Morgan fingerprint density at radius 1 is 0.321 bits per heavy atom. The van der Waals surface area contributed by atoms with E-state index in [1.807, 2.05) is 24.3 Å². The molecule has 10 heteroatoms. The van der Waals surface area contributed by atoms with Crippen molar-refractivity contribution in [1.82, 2.24) is 0 Å². The molecule has 7 aromatic rings. The lowest BCUT2D eigenvalue weighted by Gasteiger charge is -2.10. The summed E-state index contributed by atoms with van der Waals surface area (Å²) in [6, 6.07) is 42.8. The maximum Gasteiger partial charge on any atom is 0.343 e. The lowest BCUT2D eigenvalue weighted by Crippen LogP contribution is -2.12. The lowest BCUT2D eigenvalue weighted by atomic mass is 10.00. The van der Waals surface area contributed by atoms with Crippen molar-refractivity contribution >= 4 is 23.9 Å². The molecule has 0 unspecified atom stereocenters. The molecule has 0 bridgehead atoms. The zero-order valence-electron chi connectivity index (χ0n) is 45.2. The number of halogens is 2. The van der Waals surface area contributed by atoms with Gasteiger partial charge in [-0.2, -0.15) is 0 Å². The molecule has 0 radical (unpaired) electrons. The molecule has 78 heavy (non-hydrogen) atoms. The number of rotatable bonds is 30. The maximum absolute atomic E-state index is 15.2. The molecular formula is C68H72F2O8. The van der Waals surface area contributed by atoms with Gasteiger partial charge in [0, 0.05) is 6.07 Å². The van der Waals surface area contributed by atoms with Crippen LogP contribution in [0.4, 0.5) is 8.78 Å². The van der Waals surface area contributed by atoms with Gasteiger partial charge in [0.2, 0.25) is 0 Å². The number of carbonyl (C=O) groups excluding carboxylic acids is 4. The van der Waals surface area contributed by atoms with Crippen LogP contribution in [0.15, 0.2) is 158 Å². The fourth-order valence-electron chi connectivity index (χ4n) is 9.28. The van der Waals surface area contributed by atoms with Crippen LogP contribution >= 0.6 is 0 Å². The first kappa shape index (κ1) is 58.0. The average molecular weight is 1060 g/mol. The van der Waals surface area contributed by atoms with E-state index >= 15 is 8.78 Å². The summed E-state index contributed by atoms with van der Waals surface area (Å²) in [7, 11) is 0. The summed E-state index contributed by atoms with van der Waals surface area (Å²) in [6.45, 7) is 4.49. The highest BCUT2D eigenvalue weighted by Crippen LogP contribution is 2.28. The molecule has 0 aliphatic heterocycles. The number of hydrogen-bond acceptors (Lipinski definition) is 8. The predicted molar refractivity (Wildman–Crippen MR) is 305 cm³/mol. The fraction of sp³-hybridized carbons (Fsp3) is 0.324. The Bertz CT molecular complexity index is 2820. The second-order valence-corrected chi connectivity index (χ2v) is 20.0. The minimum absolute atomic E-state index is 0.0337. The van der Waals surface area contributed by atoms with Gasteiger partial charge in [-0.25, -0.2) is 28.0 Å². The Labute approximate surface area is 459 Å². The topological polar surface area (TPSA) is 105 Å². The van der Waals surface area contributed by atoms with E-state index in [9.17, 15) is 19.2 Å². The third-order valence-corrected chi connectivity index (χ3v) is 13.9. The van der Waals surface area contributed by atoms with Crippen molar-refractivity contribution in [2.24, 2.45) is 0 Å². The van der Waals surface area contributed by atoms with Crippen molar-refractivity contribution in [3.63, 3.8) is 0 Å². The van der Waals surface area contributed by atoms with E-state index in [-0.39, 0.29) is 45.3 Å². The highest BCUT2D eigenvalue weighted by molar-refractivity contribution is 5.94. The molecule has 0 saturated carbocycles. The molecule has 0 heterocycles. The molecule has 0 N–H and O–H groups in total. The SMILES string of the molecule is CCCCCCCCCCCc1ccc(-c2ccc(C(=O)Oc3ccc(C(=O)Oc4cccc(OC(=O)c5ccc(OC(=O)c6ccc(-c7ccc(CCCCCCCCCCC)cc7)cc6)c(F)c5)c4)cc3F)cc2)cc1. The van der Waals surface area contributed by atoms with Gasteiger partial charge in [-0.15, -0.1) is 0 Å². The van der Waals surface area contributed by atoms with Gasteiger partial charge in [-0.3, -0.25) is 0 Å². The molecule has 0 fully saturated rings. The van der Waals surface area contributed by atoms with Gasteiger partial charge in [0.25, 0.3) is 0 Å². The summed E-state index contributed by atoms with van der Waals surface area (Å²) in [6.07, 6.45) is 25.4. The molecule has 7 rings (SSSR count). The summed E-state index contributed by atoms with van der Waals surface area (Å²) in [4.78, 5) is 52.1. The Morgan fingerprint density at radius 2 is 0.615 bits per heavy atom. The molecular weight excluding hydrogens is 983 g/mol. The Kier molecular flexibility index (Phi) is 22.9. The third kappa shape index (κ3) is 18.2. The molecule has 0 saturated heterocycles. The third-order valence-electron chi connectivity index (χ3n) is 13.9. The number of benzene rings is 7. The van der Waals surface area contributed by atoms with Gasteiger partial charge in [0.05, 0.1) is 22.3 Å². The normalized spacial score (nSPS) is 11.0. The molecule has 0 spiro atoms. The van der Waals surface area contributed by atoms with Crippen molar-refractivity contribution in [2.45, 2.75) is 142 Å². The monoisotopic (exact) mass is 1050 g/mol. The van der Waals surface area contributed by atoms with Crippen molar-refractivity contribution in [3.05, 3.63) is 203 Å². The van der Waals surface area contributed by atoms with Crippen LogP contribution < -0.4 is 18.9 Å². The average Bonchev–Trinajstić information content (AvgIpc) is 3.45. The molecule has 0 atom stereocenters. The molecule has 0 aliphatic rings. The highest BCUT2D eigenvalue weighted by Gasteiger charge is 2.19. The van der Waals surface area contributed by atoms with Crippen LogP contribution in [0.3, 0.4) is 0 Å². The second-order valence-electron chi connectivity index (χ2n) is 20.0. The van der Waals surface area contributed by atoms with Crippen LogP contribution in [0.5, 0.6) is 23.0 Å². The standard InChI is InChI=1S/C68H72F2O8/c1-3-5-7-9-11-13-15-17-19-22-49-26-30-51(31-27-49)53-34-38-55(39-35-53)65(71)77-63-44-42-57(46-61(63)69)67(73)75-59-24-21-25-60(48-59)76-68(74)58-43-45-64(62(70)47-58)78-66(72)56-40-36-54(37-41-56)52-32-28-50(29-33-52)23-20-18-16-14-12-10-8-6-4-2/h21,24-48H,3-20,22-23H2,1-2H3. The van der Waals surface area contributed by atoms with E-state index in [1.54, 1.807) is 24.3 Å². The molecule has 8 nitrogen and oxygen atoms in total. The first-order valence-corrected chi connectivity index (χ1v) is 28.0. The molecule has 406 valence electrons. The highest BCUT2D eigenvalue weighted by atomic mass is 19.1. The number of carbonyl (C=O) groups is 4. The first-order chi connectivity index (χ1) is 38.1. The quantitative estimate of drug-likeness (QED) is 0.0249. The van der Waals surface area contributed by atoms with E-state index < -0.39 is 35.5 Å². The number of hydrogen-bond donors (Lipinski definition) is 0. The van der Waals surface area contributed by atoms with Gasteiger partial charge in [0.1, 0.15) is 11.5 Å². The molecule has 7 aromatic carbocycles. The van der Waals surface area contributed by atoms with Gasteiger partial charge in [-0.05, 0) is 132 Å². The van der Waals surface area contributed by atoms with Crippen LogP contribution in [-0.2, 0) is 12.8 Å². The van der Waals surface area contributed by atoms with E-state index in [4.69, 9.17) is 18.9 Å². The van der Waals surface area contributed by atoms with Crippen molar-refractivity contribution in [2.75, 3.05) is 0 Å². The lowest BCUT2D eigenvalue weighted by molar-refractivity contribution is 0.0716. The van der Waals surface area contributed by atoms with Gasteiger partial charge in [-0.1, -0.05) is 195 Å². The summed E-state index contributed by atoms with van der Waals surface area (Å²) in [5.41, 5.74) is 6.57. The Hall–Kier alpha value is -7.72. The predicted octanol–water partition coefficient (Wildman–Crippen LogP) is 18.3. The molecule has 0 aromatic heterocycles. The summed E-state index contributed by atoms with van der Waals surface area (Å²) >= 11 is 0. The second kappa shape index (κ2) is 30.9. The number of ether oxygens (including phenoxy) is 4. The van der Waals surface area contributed by atoms with Crippen LogP contribution in [0.2, 0.25) is 0 Å². The van der Waals surface area contributed by atoms with Gasteiger partial charge >= 0.3 is 23.9 Å². The van der Waals surface area contributed by atoms with E-state index in [0.717, 1.165) is 59.4 Å².